The number of aromatic amines is 1. The van der Waals surface area contributed by atoms with E-state index in [4.69, 9.17) is 4.74 Å². The van der Waals surface area contributed by atoms with Crippen molar-refractivity contribution in [2.45, 2.75) is 76.6 Å². The second-order valence-corrected chi connectivity index (χ2v) is 15.0. The van der Waals surface area contributed by atoms with Crippen LogP contribution in [0.25, 0.3) is 21.0 Å². The van der Waals surface area contributed by atoms with Gasteiger partial charge < -0.3 is 30.2 Å². The number of anilines is 2. The molecule has 48 heavy (non-hydrogen) atoms. The Morgan fingerprint density at radius 3 is 2.38 bits per heavy atom. The first-order chi connectivity index (χ1) is 22.8. The molecule has 4 heterocycles. The molecule has 0 saturated carbocycles. The Morgan fingerprint density at radius 2 is 1.69 bits per heavy atom. The van der Waals surface area contributed by atoms with Gasteiger partial charge in [0.15, 0.2) is 0 Å². The summed E-state index contributed by atoms with van der Waals surface area (Å²) < 4.78 is 47.6. The zero-order valence-corrected chi connectivity index (χ0v) is 28.8. The smallest absolute Gasteiger partial charge is 0.410 e. The van der Waals surface area contributed by atoms with E-state index in [9.17, 15) is 18.0 Å². The van der Waals surface area contributed by atoms with Crippen LogP contribution in [0.3, 0.4) is 0 Å². The van der Waals surface area contributed by atoms with E-state index < -0.39 is 18.2 Å². The molecule has 2 aromatic carbocycles. The van der Waals surface area contributed by atoms with Crippen molar-refractivity contribution in [1.82, 2.24) is 14.8 Å². The molecule has 0 aliphatic carbocycles. The summed E-state index contributed by atoms with van der Waals surface area (Å²) in [7, 11) is 2.11. The number of likely N-dealkylation sites (tertiary alicyclic amines) is 2. The molecule has 1 amide bonds. The quantitative estimate of drug-likeness (QED) is 0.178. The predicted molar refractivity (Wildman–Crippen MR) is 189 cm³/mol. The summed E-state index contributed by atoms with van der Waals surface area (Å²) in [5, 5.41) is 8.72. The Kier molecular flexibility index (Phi) is 9.86. The normalized spacial score (nSPS) is 17.0. The zero-order chi connectivity index (χ0) is 34.1. The van der Waals surface area contributed by atoms with Gasteiger partial charge in [0.2, 0.25) is 0 Å². The molecule has 256 valence electrons. The Balaban J connectivity index is 1.16. The van der Waals surface area contributed by atoms with Gasteiger partial charge in [0.25, 0.3) is 0 Å². The predicted octanol–water partition coefficient (Wildman–Crippen LogP) is 8.57. The van der Waals surface area contributed by atoms with Crippen LogP contribution >= 0.6 is 11.3 Å². The number of halogens is 3. The molecule has 0 atom stereocenters. The van der Waals surface area contributed by atoms with Crippen molar-refractivity contribution >= 4 is 49.8 Å². The highest BCUT2D eigenvalue weighted by molar-refractivity contribution is 7.20. The molecule has 2 aromatic heterocycles. The first-order valence-corrected chi connectivity index (χ1v) is 17.5. The molecule has 2 fully saturated rings. The van der Waals surface area contributed by atoms with Crippen molar-refractivity contribution in [1.29, 1.82) is 0 Å². The van der Waals surface area contributed by atoms with E-state index in [1.165, 1.54) is 16.9 Å². The van der Waals surface area contributed by atoms with Gasteiger partial charge in [-0.15, -0.1) is 11.3 Å². The van der Waals surface area contributed by atoms with Crippen LogP contribution in [0, 0.1) is 11.8 Å². The summed E-state index contributed by atoms with van der Waals surface area (Å²) >= 11 is 1.34. The number of amides is 1. The maximum absolute atomic E-state index is 13.7. The SMILES string of the molecule is CN1CCC(Nc2cccc3c(CC(F)(F)F)c(C#CCNc4cccc5c(C6CCN(C(=O)OC(C)(C)C)CC6)c[nH]c45)sc23)CC1. The minimum atomic E-state index is -4.34. The maximum Gasteiger partial charge on any atom is 0.410 e. The highest BCUT2D eigenvalue weighted by Crippen LogP contribution is 2.40. The van der Waals surface area contributed by atoms with Crippen molar-refractivity contribution in [3.05, 3.63) is 58.6 Å². The lowest BCUT2D eigenvalue weighted by molar-refractivity contribution is -0.126. The van der Waals surface area contributed by atoms with E-state index in [1.807, 2.05) is 51.2 Å². The van der Waals surface area contributed by atoms with Crippen molar-refractivity contribution < 1.29 is 22.7 Å². The third-order valence-electron chi connectivity index (χ3n) is 9.18. The molecule has 2 aliphatic rings. The van der Waals surface area contributed by atoms with Gasteiger partial charge in [-0.05, 0) is 101 Å². The Hall–Kier alpha value is -3.88. The lowest BCUT2D eigenvalue weighted by Crippen LogP contribution is -2.41. The van der Waals surface area contributed by atoms with Crippen molar-refractivity contribution in [2.24, 2.45) is 0 Å². The van der Waals surface area contributed by atoms with Gasteiger partial charge in [-0.25, -0.2) is 4.79 Å². The number of fused-ring (bicyclic) bond motifs is 2. The fourth-order valence-corrected chi connectivity index (χ4v) is 7.93. The zero-order valence-electron chi connectivity index (χ0n) is 28.0. The number of piperidine rings is 2. The van der Waals surface area contributed by atoms with Crippen LogP contribution < -0.4 is 10.6 Å². The average molecular weight is 680 g/mol. The van der Waals surface area contributed by atoms with Gasteiger partial charge >= 0.3 is 12.3 Å². The number of thiophene rings is 1. The summed E-state index contributed by atoms with van der Waals surface area (Å²) in [6.45, 7) is 9.18. The first kappa shape index (κ1) is 34.0. The van der Waals surface area contributed by atoms with Crippen LogP contribution in [0.5, 0.6) is 0 Å². The Bertz CT molecular complexity index is 1810. The maximum atomic E-state index is 13.7. The molecule has 6 rings (SSSR count). The topological polar surface area (TPSA) is 72.6 Å². The van der Waals surface area contributed by atoms with Crippen LogP contribution in [0.4, 0.5) is 29.3 Å². The van der Waals surface area contributed by atoms with Crippen molar-refractivity contribution in [3.63, 3.8) is 0 Å². The lowest BCUT2D eigenvalue weighted by Gasteiger charge is -2.33. The molecule has 11 heteroatoms. The van der Waals surface area contributed by atoms with Gasteiger partial charge in [0, 0.05) is 30.7 Å². The number of nitrogens with zero attached hydrogens (tertiary/aromatic N) is 2. The second kappa shape index (κ2) is 13.9. The highest BCUT2D eigenvalue weighted by atomic mass is 32.1. The summed E-state index contributed by atoms with van der Waals surface area (Å²) in [6.07, 6.45) is 0.116. The minimum Gasteiger partial charge on any atom is -0.444 e. The molecular formula is C37H44F3N5O2S. The fraction of sp³-hybridized carbons (Fsp3) is 0.486. The van der Waals surface area contributed by atoms with Gasteiger partial charge in [0.1, 0.15) is 5.60 Å². The minimum absolute atomic E-state index is 0.246. The van der Waals surface area contributed by atoms with Crippen LogP contribution in [-0.4, -0.2) is 78.5 Å². The molecule has 2 aliphatic heterocycles. The number of H-pyrrole nitrogens is 1. The van der Waals surface area contributed by atoms with Crippen molar-refractivity contribution in [3.8, 4) is 11.8 Å². The standard InChI is InChI=1S/C37H44F3N5O2S/c1-36(2,3)47-35(46)45-20-13-24(14-21-45)29-23-42-33-26(29)8-5-10-30(33)41-17-7-12-32-28(22-37(38,39)40)27-9-6-11-31(34(27)48-32)43-25-15-18-44(4)19-16-25/h5-6,8-11,23-25,41-43H,13-22H2,1-4H3. The summed E-state index contributed by atoms with van der Waals surface area (Å²) in [5.74, 6) is 6.50. The van der Waals surface area contributed by atoms with Crippen LogP contribution in [-0.2, 0) is 11.2 Å². The average Bonchev–Trinajstić information content (AvgIpc) is 3.61. The van der Waals surface area contributed by atoms with Gasteiger partial charge in [0.05, 0.1) is 39.4 Å². The summed E-state index contributed by atoms with van der Waals surface area (Å²) in [5.41, 5.74) is 3.68. The monoisotopic (exact) mass is 679 g/mol. The van der Waals surface area contributed by atoms with Gasteiger partial charge in [-0.1, -0.05) is 36.1 Å². The van der Waals surface area contributed by atoms with Crippen LogP contribution in [0.2, 0.25) is 0 Å². The molecule has 3 N–H and O–H groups in total. The number of nitrogens with one attached hydrogen (secondary N) is 3. The molecule has 2 saturated heterocycles. The number of rotatable bonds is 6. The van der Waals surface area contributed by atoms with E-state index in [0.717, 1.165) is 65.8 Å². The number of alkyl halides is 3. The van der Waals surface area contributed by atoms with E-state index in [2.05, 4.69) is 45.5 Å². The molecule has 0 spiro atoms. The van der Waals surface area contributed by atoms with Crippen LogP contribution in [0.1, 0.15) is 68.4 Å². The van der Waals surface area contributed by atoms with Crippen LogP contribution in [0.15, 0.2) is 42.6 Å². The number of benzene rings is 2. The third kappa shape index (κ3) is 8.04. The number of carbonyl (C=O) groups is 1. The molecule has 0 bridgehead atoms. The molecule has 4 aromatic rings. The van der Waals surface area contributed by atoms with Crippen molar-refractivity contribution in [2.75, 3.05) is 50.4 Å². The van der Waals surface area contributed by atoms with E-state index >= 15 is 0 Å². The number of hydrogen-bond acceptors (Lipinski definition) is 6. The van der Waals surface area contributed by atoms with Gasteiger partial charge in [-0.3, -0.25) is 0 Å². The van der Waals surface area contributed by atoms with E-state index in [-0.39, 0.29) is 18.2 Å². The molecule has 0 unspecified atom stereocenters. The Morgan fingerprint density at radius 1 is 1.00 bits per heavy atom. The van der Waals surface area contributed by atoms with E-state index in [0.29, 0.717) is 35.3 Å². The molecule has 0 radical (unpaired) electrons. The number of aromatic nitrogens is 1. The number of hydrogen-bond donors (Lipinski definition) is 3. The molecule has 7 nitrogen and oxygen atoms in total. The summed E-state index contributed by atoms with van der Waals surface area (Å²) in [6, 6.07) is 11.9. The first-order valence-electron chi connectivity index (χ1n) is 16.7. The fourth-order valence-electron chi connectivity index (χ4n) is 6.76. The third-order valence-corrected chi connectivity index (χ3v) is 10.4. The number of ether oxygens (including phenoxy) is 1. The highest BCUT2D eigenvalue weighted by Gasteiger charge is 2.32. The molecular weight excluding hydrogens is 636 g/mol. The second-order valence-electron chi connectivity index (χ2n) is 14.0. The largest absolute Gasteiger partial charge is 0.444 e. The Labute approximate surface area is 284 Å². The van der Waals surface area contributed by atoms with Gasteiger partial charge in [-0.2, -0.15) is 13.2 Å². The number of carbonyl (C=O) groups excluding carboxylic acids is 1. The summed E-state index contributed by atoms with van der Waals surface area (Å²) in [4.78, 5) is 20.5. The lowest BCUT2D eigenvalue weighted by atomic mass is 9.89. The number of para-hydroxylation sites is 1. The van der Waals surface area contributed by atoms with E-state index in [1.54, 1.807) is 11.0 Å².